The highest BCUT2D eigenvalue weighted by Gasteiger charge is 2.37. The summed E-state index contributed by atoms with van der Waals surface area (Å²) in [4.78, 5) is 31.2. The maximum atomic E-state index is 14.3. The van der Waals surface area contributed by atoms with Crippen LogP contribution in [0, 0.1) is 6.92 Å². The summed E-state index contributed by atoms with van der Waals surface area (Å²) in [6.45, 7) is 4.53. The third kappa shape index (κ3) is 5.25. The SMILES string of the molecule is CCCCN(CC(=O)N1c2ccccc2-n2cccc2C1c1ccc(C)cc1)C(=O)Nc1ccccc1OC. The number of hydrogen-bond donors (Lipinski definition) is 1. The van der Waals surface area contributed by atoms with Crippen molar-refractivity contribution < 1.29 is 14.3 Å². The molecule has 2 heterocycles. The van der Waals surface area contributed by atoms with E-state index in [1.807, 2.05) is 53.6 Å². The van der Waals surface area contributed by atoms with Gasteiger partial charge in [-0.3, -0.25) is 9.69 Å². The molecule has 0 aliphatic carbocycles. The van der Waals surface area contributed by atoms with Crippen molar-refractivity contribution in [3.05, 3.63) is 108 Å². The lowest BCUT2D eigenvalue weighted by Gasteiger charge is -2.39. The lowest BCUT2D eigenvalue weighted by molar-refractivity contribution is -0.119. The van der Waals surface area contributed by atoms with Crippen molar-refractivity contribution in [3.8, 4) is 11.4 Å². The molecule has 7 nitrogen and oxygen atoms in total. The lowest BCUT2D eigenvalue weighted by Crippen LogP contribution is -2.48. The van der Waals surface area contributed by atoms with Gasteiger partial charge in [0.25, 0.3) is 0 Å². The third-order valence-corrected chi connectivity index (χ3v) is 7.12. The summed E-state index contributed by atoms with van der Waals surface area (Å²) in [6.07, 6.45) is 3.72. The van der Waals surface area contributed by atoms with Crippen molar-refractivity contribution in [3.63, 3.8) is 0 Å². The minimum absolute atomic E-state index is 0.0572. The number of nitrogens with one attached hydrogen (secondary N) is 1. The van der Waals surface area contributed by atoms with Gasteiger partial charge in [0.15, 0.2) is 0 Å². The first kappa shape index (κ1) is 26.1. The molecule has 4 aromatic rings. The Hall–Kier alpha value is -4.52. The van der Waals surface area contributed by atoms with Crippen molar-refractivity contribution >= 4 is 23.3 Å². The average molecular weight is 523 g/mol. The Bertz CT molecular complexity index is 1460. The minimum Gasteiger partial charge on any atom is -0.495 e. The van der Waals surface area contributed by atoms with Crippen LogP contribution in [-0.4, -0.2) is 41.6 Å². The number of anilines is 2. The molecule has 1 unspecified atom stereocenters. The average Bonchev–Trinajstić information content (AvgIpc) is 3.45. The van der Waals surface area contributed by atoms with Crippen LogP contribution in [0.15, 0.2) is 91.1 Å². The number of unbranched alkanes of at least 4 members (excludes halogenated alkanes) is 1. The molecule has 0 saturated carbocycles. The number of carbonyl (C=O) groups excluding carboxylic acids is 2. The Morgan fingerprint density at radius 2 is 1.64 bits per heavy atom. The quantitative estimate of drug-likeness (QED) is 0.285. The number of benzene rings is 3. The number of methoxy groups -OCH3 is 1. The number of aromatic nitrogens is 1. The van der Waals surface area contributed by atoms with Crippen LogP contribution < -0.4 is 15.0 Å². The number of amides is 3. The zero-order valence-corrected chi connectivity index (χ0v) is 22.6. The summed E-state index contributed by atoms with van der Waals surface area (Å²) >= 11 is 0. The van der Waals surface area contributed by atoms with Crippen molar-refractivity contribution in [2.45, 2.75) is 32.7 Å². The van der Waals surface area contributed by atoms with Crippen molar-refractivity contribution in [1.29, 1.82) is 0 Å². The molecule has 1 N–H and O–H groups in total. The molecular weight excluding hydrogens is 488 g/mol. The molecule has 200 valence electrons. The highest BCUT2D eigenvalue weighted by molar-refractivity contribution is 6.01. The van der Waals surface area contributed by atoms with E-state index in [4.69, 9.17) is 4.74 Å². The molecule has 0 saturated heterocycles. The molecule has 5 rings (SSSR count). The topological polar surface area (TPSA) is 66.8 Å². The molecule has 0 bridgehead atoms. The van der Waals surface area contributed by atoms with Crippen LogP contribution in [0.4, 0.5) is 16.2 Å². The molecule has 0 spiro atoms. The molecule has 3 aromatic carbocycles. The number of para-hydroxylation sites is 4. The standard InChI is InChI=1S/C32H34N4O3/c1-4-5-20-34(32(38)33-25-11-6-9-15-29(25)39-3)22-30(37)36-27-13-8-7-12-26(27)35-21-10-14-28(35)31(36)24-18-16-23(2)17-19-24/h6-19,21,31H,4-5,20,22H2,1-3H3,(H,33,38). The second-order valence-corrected chi connectivity index (χ2v) is 9.77. The minimum atomic E-state index is -0.332. The molecule has 1 aliphatic rings. The van der Waals surface area contributed by atoms with E-state index >= 15 is 0 Å². The molecule has 3 amide bonds. The fraction of sp³-hybridized carbons (Fsp3) is 0.250. The maximum Gasteiger partial charge on any atom is 0.322 e. The van der Waals surface area contributed by atoms with E-state index in [1.54, 1.807) is 24.1 Å². The van der Waals surface area contributed by atoms with Crippen molar-refractivity contribution in [1.82, 2.24) is 9.47 Å². The van der Waals surface area contributed by atoms with Gasteiger partial charge in [0.1, 0.15) is 18.3 Å². The number of aryl methyl sites for hydroxylation is 1. The van der Waals surface area contributed by atoms with E-state index in [2.05, 4.69) is 54.1 Å². The predicted molar refractivity (Wildman–Crippen MR) is 155 cm³/mol. The number of urea groups is 1. The maximum absolute atomic E-state index is 14.3. The van der Waals surface area contributed by atoms with E-state index in [-0.39, 0.29) is 24.5 Å². The van der Waals surface area contributed by atoms with Crippen LogP contribution in [0.2, 0.25) is 0 Å². The summed E-state index contributed by atoms with van der Waals surface area (Å²) in [7, 11) is 1.57. The van der Waals surface area contributed by atoms with E-state index in [9.17, 15) is 9.59 Å². The highest BCUT2D eigenvalue weighted by Crippen LogP contribution is 2.42. The van der Waals surface area contributed by atoms with Crippen LogP contribution in [0.1, 0.15) is 42.6 Å². The molecule has 1 aliphatic heterocycles. The number of nitrogens with zero attached hydrogens (tertiary/aromatic N) is 3. The number of rotatable bonds is 8. The predicted octanol–water partition coefficient (Wildman–Crippen LogP) is 6.56. The molecule has 0 radical (unpaired) electrons. The van der Waals surface area contributed by atoms with Gasteiger partial charge >= 0.3 is 6.03 Å². The first-order valence-corrected chi connectivity index (χ1v) is 13.4. The Labute approximate surface area is 229 Å². The number of hydrogen-bond acceptors (Lipinski definition) is 3. The molecule has 1 aromatic heterocycles. The van der Waals surface area contributed by atoms with Crippen molar-refractivity contribution in [2.75, 3.05) is 30.4 Å². The van der Waals surface area contributed by atoms with Gasteiger partial charge in [0.2, 0.25) is 5.91 Å². The second-order valence-electron chi connectivity index (χ2n) is 9.77. The monoisotopic (exact) mass is 522 g/mol. The van der Waals surface area contributed by atoms with Crippen LogP contribution >= 0.6 is 0 Å². The molecule has 7 heteroatoms. The zero-order chi connectivity index (χ0) is 27.4. The van der Waals surface area contributed by atoms with Gasteiger partial charge in [-0.1, -0.05) is 67.4 Å². The van der Waals surface area contributed by atoms with Gasteiger partial charge < -0.3 is 19.5 Å². The van der Waals surface area contributed by atoms with E-state index < -0.39 is 0 Å². The van der Waals surface area contributed by atoms with E-state index in [0.29, 0.717) is 18.0 Å². The summed E-state index contributed by atoms with van der Waals surface area (Å²) in [5.41, 5.74) is 5.50. The number of ether oxygens (including phenoxy) is 1. The largest absolute Gasteiger partial charge is 0.495 e. The lowest BCUT2D eigenvalue weighted by atomic mass is 9.97. The van der Waals surface area contributed by atoms with Crippen molar-refractivity contribution in [2.24, 2.45) is 0 Å². The summed E-state index contributed by atoms with van der Waals surface area (Å²) in [5.74, 6) is 0.421. The third-order valence-electron chi connectivity index (χ3n) is 7.12. The fourth-order valence-electron chi connectivity index (χ4n) is 5.11. The normalized spacial score (nSPS) is 13.8. The fourth-order valence-corrected chi connectivity index (χ4v) is 5.11. The molecule has 0 fully saturated rings. The first-order valence-electron chi connectivity index (χ1n) is 13.4. The Morgan fingerprint density at radius 1 is 0.923 bits per heavy atom. The number of carbonyl (C=O) groups is 2. The van der Waals surface area contributed by atoms with Gasteiger partial charge in [-0.25, -0.2) is 4.79 Å². The van der Waals surface area contributed by atoms with E-state index in [0.717, 1.165) is 41.0 Å². The highest BCUT2D eigenvalue weighted by atomic mass is 16.5. The van der Waals surface area contributed by atoms with Crippen LogP contribution in [-0.2, 0) is 4.79 Å². The van der Waals surface area contributed by atoms with Crippen LogP contribution in [0.3, 0.4) is 0 Å². The second kappa shape index (κ2) is 11.5. The molecule has 39 heavy (non-hydrogen) atoms. The Morgan fingerprint density at radius 3 is 2.38 bits per heavy atom. The van der Waals surface area contributed by atoms with Gasteiger partial charge in [-0.05, 0) is 55.3 Å². The summed E-state index contributed by atoms with van der Waals surface area (Å²) in [5, 5.41) is 2.95. The first-order chi connectivity index (χ1) is 19.0. The summed E-state index contributed by atoms with van der Waals surface area (Å²) in [6, 6.07) is 26.9. The van der Waals surface area contributed by atoms with Gasteiger partial charge in [-0.15, -0.1) is 0 Å². The molecular formula is C32H34N4O3. The van der Waals surface area contributed by atoms with Gasteiger partial charge in [0.05, 0.1) is 29.9 Å². The summed E-state index contributed by atoms with van der Waals surface area (Å²) < 4.78 is 7.55. The molecule has 1 atom stereocenters. The van der Waals surface area contributed by atoms with Crippen LogP contribution in [0.25, 0.3) is 5.69 Å². The van der Waals surface area contributed by atoms with E-state index in [1.165, 1.54) is 0 Å². The van der Waals surface area contributed by atoms with Gasteiger partial charge in [0, 0.05) is 12.7 Å². The van der Waals surface area contributed by atoms with Crippen LogP contribution in [0.5, 0.6) is 5.75 Å². The Kier molecular flexibility index (Phi) is 7.68. The Balaban J connectivity index is 1.50. The number of fused-ring (bicyclic) bond motifs is 3. The van der Waals surface area contributed by atoms with Gasteiger partial charge in [-0.2, -0.15) is 0 Å². The zero-order valence-electron chi connectivity index (χ0n) is 22.6. The smallest absolute Gasteiger partial charge is 0.322 e.